The number of thioether (sulfide) groups is 1. The van der Waals surface area contributed by atoms with E-state index in [1.54, 1.807) is 6.92 Å². The summed E-state index contributed by atoms with van der Waals surface area (Å²) in [6, 6.07) is 0. The molecule has 0 bridgehead atoms. The minimum atomic E-state index is -1.14. The Labute approximate surface area is 95.9 Å². The minimum absolute atomic E-state index is 0.130. The third-order valence-electron chi connectivity index (χ3n) is 1.11. The zero-order valence-electron chi connectivity index (χ0n) is 7.95. The van der Waals surface area contributed by atoms with Crippen molar-refractivity contribution in [2.45, 2.75) is 13.3 Å². The van der Waals surface area contributed by atoms with Gasteiger partial charge in [-0.2, -0.15) is 0 Å². The van der Waals surface area contributed by atoms with Gasteiger partial charge in [-0.25, -0.2) is 0 Å². The van der Waals surface area contributed by atoms with Crippen molar-refractivity contribution >= 4 is 40.5 Å². The molecule has 0 aliphatic heterocycles. The van der Waals surface area contributed by atoms with Gasteiger partial charge in [-0.1, -0.05) is 30.3 Å². The molecule has 0 unspecified atom stereocenters. The minimum Gasteiger partial charge on any atom is -0.481 e. The summed E-state index contributed by atoms with van der Waals surface area (Å²) in [7, 11) is 0. The molecule has 2 N–H and O–H groups in total. The highest BCUT2D eigenvalue weighted by atomic mass is 35.5. The first kappa shape index (κ1) is 14.0. The van der Waals surface area contributed by atoms with Crippen molar-refractivity contribution in [2.24, 2.45) is 0 Å². The van der Waals surface area contributed by atoms with Gasteiger partial charge in [0.1, 0.15) is 0 Å². The molecule has 84 valence electrons. The monoisotopic (exact) mass is 251 g/mol. The summed E-state index contributed by atoms with van der Waals surface area (Å²) in [5, 5.41) is 9.73. The Kier molecular flexibility index (Phi) is 6.81. The highest BCUT2D eigenvalue weighted by molar-refractivity contribution is 8.13. The molecular formula is C8H10ClNO4S. The van der Waals surface area contributed by atoms with Gasteiger partial charge in [0.05, 0.1) is 6.42 Å². The van der Waals surface area contributed by atoms with Crippen molar-refractivity contribution in [3.63, 3.8) is 0 Å². The lowest BCUT2D eigenvalue weighted by molar-refractivity contribution is -0.136. The van der Waals surface area contributed by atoms with Gasteiger partial charge in [-0.15, -0.1) is 0 Å². The zero-order valence-corrected chi connectivity index (χ0v) is 9.52. The molecule has 15 heavy (non-hydrogen) atoms. The topological polar surface area (TPSA) is 83.5 Å². The standard InChI is InChI=1S/C8H10ClNO4S/c1-2-15-8(14)10-6(11)3-5(9)4-7(12)13/h3H,2,4H2,1H3,(H,12,13)(H,10,11,14). The number of carboxylic acids is 1. The number of carbonyl (C=O) groups excluding carboxylic acids is 2. The number of rotatable bonds is 4. The van der Waals surface area contributed by atoms with Gasteiger partial charge in [-0.05, 0) is 5.75 Å². The van der Waals surface area contributed by atoms with Gasteiger partial charge in [0.15, 0.2) is 0 Å². The Morgan fingerprint density at radius 3 is 2.53 bits per heavy atom. The predicted molar refractivity (Wildman–Crippen MR) is 57.9 cm³/mol. The molecule has 0 fully saturated rings. The fourth-order valence-electron chi connectivity index (χ4n) is 0.642. The van der Waals surface area contributed by atoms with Crippen LogP contribution in [0, 0.1) is 0 Å². The number of hydrogen-bond donors (Lipinski definition) is 2. The van der Waals surface area contributed by atoms with E-state index in [1.165, 1.54) is 0 Å². The molecule has 0 aromatic rings. The average Bonchev–Trinajstić information content (AvgIpc) is 2.00. The molecule has 0 rings (SSSR count). The number of hydrogen-bond acceptors (Lipinski definition) is 4. The summed E-state index contributed by atoms with van der Waals surface area (Å²) in [5.74, 6) is -1.31. The average molecular weight is 252 g/mol. The first-order valence-electron chi connectivity index (χ1n) is 4.01. The van der Waals surface area contributed by atoms with Crippen molar-refractivity contribution in [3.8, 4) is 0 Å². The van der Waals surface area contributed by atoms with E-state index in [2.05, 4.69) is 0 Å². The lowest BCUT2D eigenvalue weighted by Gasteiger charge is -1.98. The molecule has 0 aliphatic carbocycles. The quantitative estimate of drug-likeness (QED) is 0.741. The fourth-order valence-corrected chi connectivity index (χ4v) is 1.29. The number of aliphatic carboxylic acids is 1. The summed E-state index contributed by atoms with van der Waals surface area (Å²) in [6.07, 6.45) is 0.438. The van der Waals surface area contributed by atoms with Crippen LogP contribution in [0.5, 0.6) is 0 Å². The number of carboxylic acid groups (broad SMARTS) is 1. The van der Waals surface area contributed by atoms with Gasteiger partial charge in [-0.3, -0.25) is 19.7 Å². The maximum Gasteiger partial charge on any atom is 0.308 e. The van der Waals surface area contributed by atoms with Crippen molar-refractivity contribution in [1.82, 2.24) is 5.32 Å². The lowest BCUT2D eigenvalue weighted by Crippen LogP contribution is -2.25. The highest BCUT2D eigenvalue weighted by Gasteiger charge is 2.07. The summed E-state index contributed by atoms with van der Waals surface area (Å²) in [6.45, 7) is 1.77. The van der Waals surface area contributed by atoms with Crippen molar-refractivity contribution in [1.29, 1.82) is 0 Å². The first-order valence-corrected chi connectivity index (χ1v) is 5.37. The molecule has 2 amide bonds. The molecule has 0 saturated heterocycles. The molecule has 0 atom stereocenters. The van der Waals surface area contributed by atoms with Crippen LogP contribution in [0.1, 0.15) is 13.3 Å². The maximum absolute atomic E-state index is 11.0. The largest absolute Gasteiger partial charge is 0.481 e. The summed E-state index contributed by atoms with van der Waals surface area (Å²) in [5.41, 5.74) is 0. The Morgan fingerprint density at radius 2 is 2.07 bits per heavy atom. The van der Waals surface area contributed by atoms with Crippen LogP contribution in [0.15, 0.2) is 11.1 Å². The van der Waals surface area contributed by atoms with Gasteiger partial charge in [0.2, 0.25) is 0 Å². The third-order valence-corrected chi connectivity index (χ3v) is 2.00. The molecule has 7 heteroatoms. The van der Waals surface area contributed by atoms with Crippen LogP contribution in [0.2, 0.25) is 0 Å². The van der Waals surface area contributed by atoms with Crippen LogP contribution >= 0.6 is 23.4 Å². The summed E-state index contributed by atoms with van der Waals surface area (Å²) >= 11 is 6.37. The van der Waals surface area contributed by atoms with Crippen molar-refractivity contribution in [3.05, 3.63) is 11.1 Å². The summed E-state index contributed by atoms with van der Waals surface area (Å²) < 4.78 is 0. The lowest BCUT2D eigenvalue weighted by atomic mass is 10.3. The van der Waals surface area contributed by atoms with E-state index < -0.39 is 23.5 Å². The molecule has 0 saturated carbocycles. The van der Waals surface area contributed by atoms with Crippen LogP contribution in [0.4, 0.5) is 4.79 Å². The van der Waals surface area contributed by atoms with E-state index in [0.29, 0.717) is 5.75 Å². The second-order valence-corrected chi connectivity index (χ2v) is 4.09. The van der Waals surface area contributed by atoms with Crippen molar-refractivity contribution < 1.29 is 19.5 Å². The van der Waals surface area contributed by atoms with E-state index in [1.807, 2.05) is 5.32 Å². The molecular weight excluding hydrogens is 242 g/mol. The zero-order chi connectivity index (χ0) is 11.8. The summed E-state index contributed by atoms with van der Waals surface area (Å²) in [4.78, 5) is 32.1. The second kappa shape index (κ2) is 7.30. The molecule has 0 spiro atoms. The predicted octanol–water partition coefficient (Wildman–Crippen LogP) is 1.57. The van der Waals surface area contributed by atoms with Gasteiger partial charge >= 0.3 is 5.97 Å². The number of halogens is 1. The van der Waals surface area contributed by atoms with E-state index in [4.69, 9.17) is 16.7 Å². The Balaban J connectivity index is 4.12. The highest BCUT2D eigenvalue weighted by Crippen LogP contribution is 2.06. The van der Waals surface area contributed by atoms with Gasteiger partial charge in [0.25, 0.3) is 11.1 Å². The van der Waals surface area contributed by atoms with E-state index in [0.717, 1.165) is 17.8 Å². The van der Waals surface area contributed by atoms with Gasteiger partial charge in [0, 0.05) is 11.1 Å². The fraction of sp³-hybridized carbons (Fsp3) is 0.375. The first-order chi connectivity index (χ1) is 6.95. The Morgan fingerprint density at radius 1 is 1.47 bits per heavy atom. The third kappa shape index (κ3) is 8.02. The smallest absolute Gasteiger partial charge is 0.308 e. The second-order valence-electron chi connectivity index (χ2n) is 2.37. The van der Waals surface area contributed by atoms with E-state index >= 15 is 0 Å². The maximum atomic E-state index is 11.0. The van der Waals surface area contributed by atoms with E-state index in [9.17, 15) is 14.4 Å². The molecule has 0 aromatic carbocycles. The molecule has 0 radical (unpaired) electrons. The van der Waals surface area contributed by atoms with Crippen LogP contribution in [0.3, 0.4) is 0 Å². The van der Waals surface area contributed by atoms with E-state index in [-0.39, 0.29) is 5.03 Å². The van der Waals surface area contributed by atoms with Crippen molar-refractivity contribution in [2.75, 3.05) is 5.75 Å². The Hall–Kier alpha value is -1.01. The molecule has 0 aliphatic rings. The number of carbonyl (C=O) groups is 3. The van der Waals surface area contributed by atoms with Gasteiger partial charge < -0.3 is 5.11 Å². The molecule has 5 nitrogen and oxygen atoms in total. The van der Waals surface area contributed by atoms with Crippen LogP contribution in [-0.4, -0.2) is 28.0 Å². The van der Waals surface area contributed by atoms with Crippen LogP contribution in [-0.2, 0) is 9.59 Å². The normalized spacial score (nSPS) is 10.9. The molecule has 0 aromatic heterocycles. The SMILES string of the molecule is CCSC(=O)NC(=O)C=C(Cl)CC(=O)O. The Bertz CT molecular complexity index is 303. The van der Waals surface area contributed by atoms with Crippen LogP contribution < -0.4 is 5.32 Å². The molecule has 0 heterocycles. The number of nitrogens with one attached hydrogen (secondary N) is 1. The van der Waals surface area contributed by atoms with Crippen LogP contribution in [0.25, 0.3) is 0 Å². The number of amides is 2. The number of imide groups is 1.